The zero-order valence-corrected chi connectivity index (χ0v) is 18.9. The predicted molar refractivity (Wildman–Crippen MR) is 122 cm³/mol. The van der Waals surface area contributed by atoms with E-state index in [0.29, 0.717) is 24.5 Å². The lowest BCUT2D eigenvalue weighted by Crippen LogP contribution is -2.43. The van der Waals surface area contributed by atoms with Gasteiger partial charge in [-0.25, -0.2) is 8.42 Å². The van der Waals surface area contributed by atoms with E-state index in [1.165, 1.54) is 0 Å². The lowest BCUT2D eigenvalue weighted by molar-refractivity contribution is 0.312. The highest BCUT2D eigenvalue weighted by atomic mass is 35.5. The van der Waals surface area contributed by atoms with E-state index in [2.05, 4.69) is 10.3 Å². The number of pyridine rings is 1. The van der Waals surface area contributed by atoms with Crippen LogP contribution in [0, 0.1) is 0 Å². The zero-order chi connectivity index (χ0) is 17.7. The molecule has 0 saturated carbocycles. The van der Waals surface area contributed by atoms with Gasteiger partial charge in [0.2, 0.25) is 10.0 Å². The average molecular weight is 472 g/mol. The van der Waals surface area contributed by atoms with Gasteiger partial charge in [0, 0.05) is 36.9 Å². The van der Waals surface area contributed by atoms with Gasteiger partial charge in [0.1, 0.15) is 0 Å². The molecule has 2 aromatic rings. The molecule has 3 N–H and O–H groups in total. The molecule has 0 radical (unpaired) electrons. The molecule has 0 spiro atoms. The minimum atomic E-state index is -3.52. The second-order valence-corrected chi connectivity index (χ2v) is 8.39. The van der Waals surface area contributed by atoms with E-state index in [9.17, 15) is 8.42 Å². The molecule has 6 nitrogen and oxygen atoms in total. The molecule has 3 rings (SSSR count). The van der Waals surface area contributed by atoms with E-state index < -0.39 is 10.0 Å². The first-order valence-corrected chi connectivity index (χ1v) is 10.3. The Morgan fingerprint density at radius 1 is 1.14 bits per heavy atom. The second kappa shape index (κ2) is 12.8. The Morgan fingerprint density at radius 3 is 2.68 bits per heavy atom. The van der Waals surface area contributed by atoms with Crippen molar-refractivity contribution in [3.8, 4) is 0 Å². The number of benzene rings is 1. The second-order valence-electron chi connectivity index (χ2n) is 6.50. The highest BCUT2D eigenvalue weighted by Gasteiger charge is 2.32. The SMILES string of the molecule is Cl.Cl.Cl.NCCCCC1CNCCCN1S(=O)(=O)c1ccc2cnccc2c1. The number of hydrogen-bond donors (Lipinski definition) is 2. The van der Waals surface area contributed by atoms with Gasteiger partial charge in [-0.1, -0.05) is 12.5 Å². The van der Waals surface area contributed by atoms with Gasteiger partial charge in [0.05, 0.1) is 4.90 Å². The number of nitrogens with two attached hydrogens (primary N) is 1. The summed E-state index contributed by atoms with van der Waals surface area (Å²) in [5.74, 6) is 0. The molecule has 1 aliphatic heterocycles. The molecule has 0 bridgehead atoms. The maximum absolute atomic E-state index is 13.3. The summed E-state index contributed by atoms with van der Waals surface area (Å²) in [6.07, 6.45) is 6.96. The molecule has 1 aliphatic rings. The summed E-state index contributed by atoms with van der Waals surface area (Å²) in [4.78, 5) is 4.44. The van der Waals surface area contributed by atoms with Crippen LogP contribution < -0.4 is 11.1 Å². The van der Waals surface area contributed by atoms with Gasteiger partial charge < -0.3 is 11.1 Å². The van der Waals surface area contributed by atoms with Crippen LogP contribution in [-0.2, 0) is 10.0 Å². The van der Waals surface area contributed by atoms with Crippen LogP contribution in [0.1, 0.15) is 25.7 Å². The summed E-state index contributed by atoms with van der Waals surface area (Å²) in [5, 5.41) is 5.20. The van der Waals surface area contributed by atoms with E-state index in [1.54, 1.807) is 28.8 Å². The molecule has 160 valence electrons. The van der Waals surface area contributed by atoms with Crippen molar-refractivity contribution in [1.82, 2.24) is 14.6 Å². The van der Waals surface area contributed by atoms with Crippen LogP contribution in [-0.4, -0.2) is 49.9 Å². The maximum Gasteiger partial charge on any atom is 0.243 e. The maximum atomic E-state index is 13.3. The van der Waals surface area contributed by atoms with Crippen LogP contribution in [0.15, 0.2) is 41.6 Å². The largest absolute Gasteiger partial charge is 0.330 e. The number of nitrogens with one attached hydrogen (secondary N) is 1. The van der Waals surface area contributed by atoms with Crippen LogP contribution in [0.4, 0.5) is 0 Å². The van der Waals surface area contributed by atoms with Crippen LogP contribution in [0.5, 0.6) is 0 Å². The van der Waals surface area contributed by atoms with Crippen molar-refractivity contribution in [2.45, 2.75) is 36.6 Å². The van der Waals surface area contributed by atoms with E-state index in [4.69, 9.17) is 5.73 Å². The van der Waals surface area contributed by atoms with Crippen LogP contribution in [0.2, 0.25) is 0 Å². The fourth-order valence-electron chi connectivity index (χ4n) is 3.36. The Balaban J connectivity index is 0.00000243. The van der Waals surface area contributed by atoms with Crippen molar-refractivity contribution in [3.05, 3.63) is 36.7 Å². The van der Waals surface area contributed by atoms with Crippen molar-refractivity contribution in [2.75, 3.05) is 26.2 Å². The first-order chi connectivity index (χ1) is 12.1. The third-order valence-corrected chi connectivity index (χ3v) is 6.68. The van der Waals surface area contributed by atoms with Gasteiger partial charge in [0.15, 0.2) is 0 Å². The average Bonchev–Trinajstić information content (AvgIpc) is 2.87. The van der Waals surface area contributed by atoms with Gasteiger partial charge in [0.25, 0.3) is 0 Å². The third kappa shape index (κ3) is 6.42. The summed E-state index contributed by atoms with van der Waals surface area (Å²) in [6, 6.07) is 7.09. The van der Waals surface area contributed by atoms with Gasteiger partial charge in [-0.3, -0.25) is 4.98 Å². The molecule has 1 atom stereocenters. The molecule has 28 heavy (non-hydrogen) atoms. The number of halogens is 3. The van der Waals surface area contributed by atoms with Crippen LogP contribution in [0.3, 0.4) is 0 Å². The van der Waals surface area contributed by atoms with Crippen molar-refractivity contribution >= 4 is 58.0 Å². The Hall–Kier alpha value is -0.670. The molecular weight excluding hydrogens is 443 g/mol. The minimum absolute atomic E-state index is 0. The van der Waals surface area contributed by atoms with Crippen LogP contribution in [0.25, 0.3) is 10.8 Å². The summed E-state index contributed by atoms with van der Waals surface area (Å²) >= 11 is 0. The number of nitrogens with zero attached hydrogens (tertiary/aromatic N) is 2. The van der Waals surface area contributed by atoms with E-state index in [-0.39, 0.29) is 43.3 Å². The van der Waals surface area contributed by atoms with E-state index >= 15 is 0 Å². The summed E-state index contributed by atoms with van der Waals surface area (Å²) in [6.45, 7) is 2.74. The van der Waals surface area contributed by atoms with E-state index in [0.717, 1.165) is 43.0 Å². The summed E-state index contributed by atoms with van der Waals surface area (Å²) in [5.41, 5.74) is 5.59. The lowest BCUT2D eigenvalue weighted by Gasteiger charge is -2.29. The van der Waals surface area contributed by atoms with Crippen molar-refractivity contribution < 1.29 is 8.42 Å². The fraction of sp³-hybridized carbons (Fsp3) is 0.500. The summed E-state index contributed by atoms with van der Waals surface area (Å²) < 4.78 is 28.3. The molecule has 1 fully saturated rings. The smallest absolute Gasteiger partial charge is 0.243 e. The topological polar surface area (TPSA) is 88.3 Å². The van der Waals surface area contributed by atoms with Crippen LogP contribution >= 0.6 is 37.2 Å². The van der Waals surface area contributed by atoms with Crippen molar-refractivity contribution in [1.29, 1.82) is 0 Å². The number of fused-ring (bicyclic) bond motifs is 1. The highest BCUT2D eigenvalue weighted by molar-refractivity contribution is 7.89. The first kappa shape index (κ1) is 27.3. The lowest BCUT2D eigenvalue weighted by atomic mass is 10.1. The normalized spacial score (nSPS) is 17.7. The summed E-state index contributed by atoms with van der Waals surface area (Å²) in [7, 11) is -3.52. The van der Waals surface area contributed by atoms with Gasteiger partial charge >= 0.3 is 0 Å². The molecule has 1 aromatic heterocycles. The van der Waals surface area contributed by atoms with Crippen molar-refractivity contribution in [3.63, 3.8) is 0 Å². The quantitative estimate of drug-likeness (QED) is 0.632. The Bertz CT molecular complexity index is 823. The molecular formula is C18H29Cl3N4O2S. The Kier molecular flexibility index (Phi) is 12.5. The third-order valence-electron chi connectivity index (χ3n) is 4.73. The minimum Gasteiger partial charge on any atom is -0.330 e. The number of rotatable bonds is 6. The number of aromatic nitrogens is 1. The van der Waals surface area contributed by atoms with E-state index in [1.807, 2.05) is 12.1 Å². The fourth-order valence-corrected chi connectivity index (χ4v) is 5.09. The standard InChI is InChI=1S/C18H26N4O2S.3ClH/c19-8-2-1-4-17-14-20-9-3-11-22(17)25(23,24)18-6-5-16-13-21-10-7-15(16)12-18;;;/h5-7,10,12-13,17,20H,1-4,8-9,11,14,19H2;3*1H. The Labute approximate surface area is 185 Å². The molecule has 0 amide bonds. The monoisotopic (exact) mass is 470 g/mol. The number of sulfonamides is 1. The molecule has 1 saturated heterocycles. The molecule has 1 aromatic carbocycles. The molecule has 10 heteroatoms. The highest BCUT2D eigenvalue weighted by Crippen LogP contribution is 2.25. The van der Waals surface area contributed by atoms with Gasteiger partial charge in [-0.15, -0.1) is 37.2 Å². The molecule has 0 aliphatic carbocycles. The Morgan fingerprint density at radius 2 is 1.93 bits per heavy atom. The van der Waals surface area contributed by atoms with Gasteiger partial charge in [-0.05, 0) is 55.9 Å². The number of hydrogen-bond acceptors (Lipinski definition) is 5. The predicted octanol–water partition coefficient (Wildman–Crippen LogP) is 2.98. The van der Waals surface area contributed by atoms with Gasteiger partial charge in [-0.2, -0.15) is 4.31 Å². The number of unbranched alkanes of at least 4 members (excludes halogenated alkanes) is 1. The molecule has 2 heterocycles. The zero-order valence-electron chi connectivity index (χ0n) is 15.6. The van der Waals surface area contributed by atoms with Crippen molar-refractivity contribution in [2.24, 2.45) is 5.73 Å². The first-order valence-electron chi connectivity index (χ1n) is 8.89. The molecule has 1 unspecified atom stereocenters.